The second-order valence-corrected chi connectivity index (χ2v) is 5.98. The lowest BCUT2D eigenvalue weighted by Gasteiger charge is -2.15. The van der Waals surface area contributed by atoms with Crippen LogP contribution in [0.5, 0.6) is 5.75 Å². The molecule has 0 aromatic heterocycles. The van der Waals surface area contributed by atoms with Crippen molar-refractivity contribution in [2.24, 2.45) is 11.7 Å². The van der Waals surface area contributed by atoms with Crippen molar-refractivity contribution in [3.63, 3.8) is 0 Å². The Morgan fingerprint density at radius 3 is 2.59 bits per heavy atom. The molecular weight excluding hydrogens is 280 g/mol. The van der Waals surface area contributed by atoms with Gasteiger partial charge < -0.3 is 15.8 Å². The first-order chi connectivity index (χ1) is 10.4. The molecule has 5 nitrogen and oxygen atoms in total. The maximum Gasteiger partial charge on any atom is 0.255 e. The molecule has 0 radical (unpaired) electrons. The number of hydrogen-bond donors (Lipinski definition) is 2. The molecule has 1 aromatic rings. The number of nitrogens with two attached hydrogens (primary N) is 1. The molecule has 122 valence electrons. The van der Waals surface area contributed by atoms with E-state index in [1.807, 2.05) is 6.92 Å². The van der Waals surface area contributed by atoms with E-state index in [4.69, 9.17) is 10.5 Å². The number of hydrogen-bond acceptors (Lipinski definition) is 3. The second kappa shape index (κ2) is 9.07. The van der Waals surface area contributed by atoms with Crippen LogP contribution in [0, 0.1) is 5.92 Å². The molecule has 2 amide bonds. The van der Waals surface area contributed by atoms with Crippen LogP contribution in [-0.2, 0) is 4.79 Å². The molecule has 0 saturated carbocycles. The van der Waals surface area contributed by atoms with E-state index in [1.54, 1.807) is 24.3 Å². The van der Waals surface area contributed by atoms with Gasteiger partial charge in [-0.15, -0.1) is 0 Å². The van der Waals surface area contributed by atoms with Gasteiger partial charge >= 0.3 is 0 Å². The Labute approximate surface area is 132 Å². The van der Waals surface area contributed by atoms with E-state index in [2.05, 4.69) is 19.2 Å². The van der Waals surface area contributed by atoms with Gasteiger partial charge in [0.2, 0.25) is 0 Å². The molecule has 22 heavy (non-hydrogen) atoms. The zero-order valence-corrected chi connectivity index (χ0v) is 13.6. The lowest BCUT2D eigenvalue weighted by Crippen LogP contribution is -2.32. The quantitative estimate of drug-likeness (QED) is 0.735. The predicted molar refractivity (Wildman–Crippen MR) is 86.7 cm³/mol. The number of rotatable bonds is 9. The Kier molecular flexibility index (Phi) is 7.43. The lowest BCUT2D eigenvalue weighted by atomic mass is 10.0. The van der Waals surface area contributed by atoms with E-state index in [0.717, 1.165) is 19.3 Å². The van der Waals surface area contributed by atoms with Crippen LogP contribution < -0.4 is 15.8 Å². The summed E-state index contributed by atoms with van der Waals surface area (Å²) in [6, 6.07) is 6.86. The molecule has 5 heteroatoms. The third kappa shape index (κ3) is 7.11. The fourth-order valence-corrected chi connectivity index (χ4v) is 2.09. The number of amides is 2. The second-order valence-electron chi connectivity index (χ2n) is 5.98. The van der Waals surface area contributed by atoms with Crippen molar-refractivity contribution >= 4 is 11.8 Å². The summed E-state index contributed by atoms with van der Waals surface area (Å²) in [5.41, 5.74) is 5.54. The van der Waals surface area contributed by atoms with E-state index >= 15 is 0 Å². The van der Waals surface area contributed by atoms with Crippen molar-refractivity contribution in [3.05, 3.63) is 29.8 Å². The average molecular weight is 306 g/mol. The Balaban J connectivity index is 2.50. The van der Waals surface area contributed by atoms with Crippen LogP contribution in [0.1, 0.15) is 50.4 Å². The molecule has 0 aliphatic carbocycles. The summed E-state index contributed by atoms with van der Waals surface area (Å²) in [5, 5.41) is 2.98. The maximum atomic E-state index is 12.2. The Hall–Kier alpha value is -2.04. The van der Waals surface area contributed by atoms with Crippen LogP contribution in [0.4, 0.5) is 0 Å². The van der Waals surface area contributed by atoms with Crippen LogP contribution in [0.25, 0.3) is 0 Å². The van der Waals surface area contributed by atoms with Gasteiger partial charge in [0.1, 0.15) is 5.75 Å². The summed E-state index contributed by atoms with van der Waals surface area (Å²) in [5.74, 6) is 0.455. The van der Waals surface area contributed by atoms with Crippen LogP contribution >= 0.6 is 0 Å². The average Bonchev–Trinajstić information content (AvgIpc) is 2.45. The summed E-state index contributed by atoms with van der Waals surface area (Å²) in [6.45, 7) is 6.20. The van der Waals surface area contributed by atoms with Crippen molar-refractivity contribution in [1.82, 2.24) is 5.32 Å². The highest BCUT2D eigenvalue weighted by molar-refractivity contribution is 5.94. The third-order valence-corrected chi connectivity index (χ3v) is 3.27. The van der Waals surface area contributed by atoms with Crippen molar-refractivity contribution in [2.75, 3.05) is 6.61 Å². The van der Waals surface area contributed by atoms with Gasteiger partial charge in [0.05, 0.1) is 0 Å². The van der Waals surface area contributed by atoms with E-state index in [1.165, 1.54) is 0 Å². The molecular formula is C17H26N2O3. The number of carbonyl (C=O) groups is 2. The highest BCUT2D eigenvalue weighted by Gasteiger charge is 2.11. The first-order valence-electron chi connectivity index (χ1n) is 7.70. The summed E-state index contributed by atoms with van der Waals surface area (Å²) in [4.78, 5) is 22.9. The van der Waals surface area contributed by atoms with Crippen molar-refractivity contribution in [1.29, 1.82) is 0 Å². The van der Waals surface area contributed by atoms with E-state index in [0.29, 0.717) is 17.2 Å². The van der Waals surface area contributed by atoms with E-state index in [9.17, 15) is 9.59 Å². The molecule has 1 atom stereocenters. The zero-order chi connectivity index (χ0) is 16.5. The van der Waals surface area contributed by atoms with Gasteiger partial charge in [0.15, 0.2) is 6.61 Å². The molecule has 0 aliphatic rings. The minimum absolute atomic E-state index is 0.126. The number of carbonyl (C=O) groups excluding carboxylic acids is 2. The van der Waals surface area contributed by atoms with Gasteiger partial charge in [-0.2, -0.15) is 0 Å². The molecule has 0 bridgehead atoms. The van der Waals surface area contributed by atoms with Crippen LogP contribution in [0.3, 0.4) is 0 Å². The standard InChI is InChI=1S/C17H26N2O3/c1-12(2)6-4-7-13(3)19-17(21)14-8-5-9-15(10-14)22-11-16(18)20/h5,8-10,12-13H,4,6-7,11H2,1-3H3,(H2,18,20)(H,19,21). The number of nitrogens with one attached hydrogen (secondary N) is 1. The highest BCUT2D eigenvalue weighted by Crippen LogP contribution is 2.14. The van der Waals surface area contributed by atoms with Gasteiger partial charge in [-0.25, -0.2) is 0 Å². The summed E-state index contributed by atoms with van der Waals surface area (Å²) in [6.07, 6.45) is 3.22. The molecule has 3 N–H and O–H groups in total. The van der Waals surface area contributed by atoms with E-state index in [-0.39, 0.29) is 18.6 Å². The minimum atomic E-state index is -0.548. The molecule has 0 heterocycles. The van der Waals surface area contributed by atoms with Gasteiger partial charge in [-0.3, -0.25) is 9.59 Å². The van der Waals surface area contributed by atoms with Crippen molar-refractivity contribution < 1.29 is 14.3 Å². The van der Waals surface area contributed by atoms with Gasteiger partial charge in [0.25, 0.3) is 11.8 Å². The topological polar surface area (TPSA) is 81.4 Å². The SMILES string of the molecule is CC(C)CCCC(C)NC(=O)c1cccc(OCC(N)=O)c1. The number of ether oxygens (including phenoxy) is 1. The number of primary amides is 1. The van der Waals surface area contributed by atoms with Crippen molar-refractivity contribution in [2.45, 2.75) is 46.1 Å². The molecule has 0 saturated heterocycles. The Morgan fingerprint density at radius 2 is 1.95 bits per heavy atom. The summed E-state index contributed by atoms with van der Waals surface area (Å²) >= 11 is 0. The zero-order valence-electron chi connectivity index (χ0n) is 13.6. The first kappa shape index (κ1) is 18.0. The molecule has 0 spiro atoms. The monoisotopic (exact) mass is 306 g/mol. The molecule has 0 aliphatic heterocycles. The van der Waals surface area contributed by atoms with E-state index < -0.39 is 5.91 Å². The fourth-order valence-electron chi connectivity index (χ4n) is 2.09. The molecule has 1 aromatic carbocycles. The van der Waals surface area contributed by atoms with Crippen molar-refractivity contribution in [3.8, 4) is 5.75 Å². The fraction of sp³-hybridized carbons (Fsp3) is 0.529. The highest BCUT2D eigenvalue weighted by atomic mass is 16.5. The molecule has 0 fully saturated rings. The Bertz CT molecular complexity index is 500. The summed E-state index contributed by atoms with van der Waals surface area (Å²) in [7, 11) is 0. The molecule has 1 rings (SSSR count). The van der Waals surface area contributed by atoms with Crippen LogP contribution in [0.2, 0.25) is 0 Å². The van der Waals surface area contributed by atoms with Gasteiger partial charge in [-0.05, 0) is 37.5 Å². The van der Waals surface area contributed by atoms with Crippen LogP contribution in [0.15, 0.2) is 24.3 Å². The van der Waals surface area contributed by atoms with Gasteiger partial charge in [0, 0.05) is 11.6 Å². The Morgan fingerprint density at radius 1 is 1.23 bits per heavy atom. The largest absolute Gasteiger partial charge is 0.484 e. The first-order valence-corrected chi connectivity index (χ1v) is 7.70. The van der Waals surface area contributed by atoms with Crippen LogP contribution in [-0.4, -0.2) is 24.5 Å². The minimum Gasteiger partial charge on any atom is -0.484 e. The predicted octanol–water partition coefficient (Wildman–Crippen LogP) is 2.50. The smallest absolute Gasteiger partial charge is 0.255 e. The third-order valence-electron chi connectivity index (χ3n) is 3.27. The maximum absolute atomic E-state index is 12.2. The number of benzene rings is 1. The van der Waals surface area contributed by atoms with Gasteiger partial charge in [-0.1, -0.05) is 32.8 Å². The molecule has 1 unspecified atom stereocenters. The summed E-state index contributed by atoms with van der Waals surface area (Å²) < 4.78 is 5.20. The lowest BCUT2D eigenvalue weighted by molar-refractivity contribution is -0.119. The normalized spacial score (nSPS) is 12.0.